The number of hydrogen-bond acceptors (Lipinski definition) is 3. The molecular weight excluding hydrogens is 260 g/mol. The molecule has 0 bridgehead atoms. The Bertz CT molecular complexity index is 355. The maximum Gasteiger partial charge on any atom is 0.320 e. The number of hydrogen-bond donors (Lipinski definition) is 1. The van der Waals surface area contributed by atoms with Gasteiger partial charge in [-0.1, -0.05) is 6.92 Å². The van der Waals surface area contributed by atoms with Crippen LogP contribution in [0.4, 0.5) is 4.79 Å². The average molecular weight is 284 g/mol. The molecule has 2 aliphatic heterocycles. The molecule has 0 aromatic carbocycles. The second-order valence-corrected chi connectivity index (χ2v) is 5.81. The second-order valence-electron chi connectivity index (χ2n) is 5.81. The van der Waals surface area contributed by atoms with Crippen LogP contribution < -0.4 is 0 Å². The Morgan fingerprint density at radius 2 is 1.95 bits per heavy atom. The van der Waals surface area contributed by atoms with E-state index in [0.29, 0.717) is 38.8 Å². The van der Waals surface area contributed by atoms with E-state index in [4.69, 9.17) is 9.84 Å². The van der Waals surface area contributed by atoms with Crippen LogP contribution in [0, 0.1) is 11.8 Å². The van der Waals surface area contributed by atoms with Crippen LogP contribution >= 0.6 is 0 Å². The van der Waals surface area contributed by atoms with E-state index in [0.717, 1.165) is 19.4 Å². The van der Waals surface area contributed by atoms with Gasteiger partial charge in [0.15, 0.2) is 0 Å². The summed E-state index contributed by atoms with van der Waals surface area (Å²) in [4.78, 5) is 27.0. The lowest BCUT2D eigenvalue weighted by atomic mass is 9.85. The summed E-state index contributed by atoms with van der Waals surface area (Å²) in [5.41, 5.74) is 0. The van der Waals surface area contributed by atoms with E-state index >= 15 is 0 Å². The van der Waals surface area contributed by atoms with Crippen molar-refractivity contribution in [2.24, 2.45) is 11.8 Å². The van der Waals surface area contributed by atoms with E-state index in [9.17, 15) is 9.59 Å². The topological polar surface area (TPSA) is 70.1 Å². The quantitative estimate of drug-likeness (QED) is 0.847. The summed E-state index contributed by atoms with van der Waals surface area (Å²) in [6, 6.07) is 0.0838. The molecule has 2 aliphatic rings. The van der Waals surface area contributed by atoms with Crippen molar-refractivity contribution in [3.8, 4) is 0 Å². The Kier molecular flexibility index (Phi) is 5.23. The van der Waals surface area contributed by atoms with Gasteiger partial charge in [0, 0.05) is 32.6 Å². The summed E-state index contributed by atoms with van der Waals surface area (Å²) in [6.45, 7) is 5.98. The number of aliphatic carboxylic acids is 1. The molecule has 2 amide bonds. The fourth-order valence-corrected chi connectivity index (χ4v) is 3.04. The minimum atomic E-state index is -0.755. The number of likely N-dealkylation sites (tertiary alicyclic amines) is 1. The van der Waals surface area contributed by atoms with Crippen LogP contribution in [-0.2, 0) is 9.53 Å². The smallest absolute Gasteiger partial charge is 0.320 e. The predicted molar refractivity (Wildman–Crippen MR) is 73.5 cm³/mol. The van der Waals surface area contributed by atoms with Crippen LogP contribution in [0.25, 0.3) is 0 Å². The normalized spacial score (nSPS) is 25.4. The fourth-order valence-electron chi connectivity index (χ4n) is 3.04. The van der Waals surface area contributed by atoms with Gasteiger partial charge in [-0.15, -0.1) is 0 Å². The number of carboxylic acid groups (broad SMARTS) is 1. The van der Waals surface area contributed by atoms with Gasteiger partial charge in [0.1, 0.15) is 0 Å². The van der Waals surface area contributed by atoms with Gasteiger partial charge in [-0.2, -0.15) is 0 Å². The molecule has 0 aromatic rings. The Balaban J connectivity index is 1.88. The standard InChI is InChI=1S/C14H24N2O4/c1-11(9-13(17)18)12-3-2-4-16(10-12)14(19)15-5-7-20-8-6-15/h11-12H,2-10H2,1H3,(H,17,18). The lowest BCUT2D eigenvalue weighted by molar-refractivity contribution is -0.138. The van der Waals surface area contributed by atoms with Gasteiger partial charge in [-0.25, -0.2) is 4.79 Å². The summed E-state index contributed by atoms with van der Waals surface area (Å²) in [6.07, 6.45) is 2.16. The zero-order chi connectivity index (χ0) is 14.5. The molecule has 2 heterocycles. The highest BCUT2D eigenvalue weighted by atomic mass is 16.5. The predicted octanol–water partition coefficient (Wildman–Crippen LogP) is 1.26. The SMILES string of the molecule is CC(CC(=O)O)C1CCCN(C(=O)N2CCOCC2)C1. The number of urea groups is 1. The van der Waals surface area contributed by atoms with E-state index in [2.05, 4.69) is 0 Å². The monoisotopic (exact) mass is 284 g/mol. The van der Waals surface area contributed by atoms with Gasteiger partial charge in [-0.05, 0) is 24.7 Å². The molecule has 0 aromatic heterocycles. The molecule has 6 nitrogen and oxygen atoms in total. The first-order valence-electron chi connectivity index (χ1n) is 7.41. The number of morpholine rings is 1. The van der Waals surface area contributed by atoms with Crippen molar-refractivity contribution in [1.29, 1.82) is 0 Å². The van der Waals surface area contributed by atoms with Gasteiger partial charge in [-0.3, -0.25) is 4.79 Å². The zero-order valence-electron chi connectivity index (χ0n) is 12.1. The van der Waals surface area contributed by atoms with Gasteiger partial charge >= 0.3 is 12.0 Å². The van der Waals surface area contributed by atoms with E-state index in [1.807, 2.05) is 16.7 Å². The first-order valence-corrected chi connectivity index (χ1v) is 7.41. The van der Waals surface area contributed by atoms with Gasteiger partial charge in [0.05, 0.1) is 13.2 Å². The maximum atomic E-state index is 12.4. The molecule has 114 valence electrons. The average Bonchev–Trinajstić information content (AvgIpc) is 2.47. The number of carbonyl (C=O) groups is 2. The molecule has 1 N–H and O–H groups in total. The second kappa shape index (κ2) is 6.92. The minimum absolute atomic E-state index is 0.0838. The number of nitrogens with zero attached hydrogens (tertiary/aromatic N) is 2. The third-order valence-corrected chi connectivity index (χ3v) is 4.31. The summed E-state index contributed by atoms with van der Waals surface area (Å²) in [7, 11) is 0. The zero-order valence-corrected chi connectivity index (χ0v) is 12.1. The minimum Gasteiger partial charge on any atom is -0.481 e. The molecule has 6 heteroatoms. The van der Waals surface area contributed by atoms with E-state index < -0.39 is 5.97 Å². The molecule has 2 unspecified atom stereocenters. The molecule has 2 atom stereocenters. The Morgan fingerprint density at radius 3 is 2.60 bits per heavy atom. The molecule has 0 aliphatic carbocycles. The molecule has 2 rings (SSSR count). The molecule has 0 spiro atoms. The third-order valence-electron chi connectivity index (χ3n) is 4.31. The number of carboxylic acids is 1. The van der Waals surface area contributed by atoms with Crippen LogP contribution in [0.3, 0.4) is 0 Å². The Labute approximate surface area is 119 Å². The number of amides is 2. The van der Waals surface area contributed by atoms with Gasteiger partial charge < -0.3 is 19.6 Å². The van der Waals surface area contributed by atoms with Crippen LogP contribution in [0.15, 0.2) is 0 Å². The van der Waals surface area contributed by atoms with Crippen molar-refractivity contribution < 1.29 is 19.4 Å². The summed E-state index contributed by atoms with van der Waals surface area (Å²) < 4.78 is 5.26. The highest BCUT2D eigenvalue weighted by Gasteiger charge is 2.30. The van der Waals surface area contributed by atoms with Gasteiger partial charge in [0.2, 0.25) is 0 Å². The summed E-state index contributed by atoms with van der Waals surface area (Å²) in [5.74, 6) is -0.341. The molecule has 20 heavy (non-hydrogen) atoms. The van der Waals surface area contributed by atoms with Crippen LogP contribution in [0.1, 0.15) is 26.2 Å². The van der Waals surface area contributed by atoms with Crippen molar-refractivity contribution in [1.82, 2.24) is 9.80 Å². The maximum absolute atomic E-state index is 12.4. The van der Waals surface area contributed by atoms with Gasteiger partial charge in [0.25, 0.3) is 0 Å². The first-order chi connectivity index (χ1) is 9.58. The number of carbonyl (C=O) groups excluding carboxylic acids is 1. The van der Waals surface area contributed by atoms with Crippen molar-refractivity contribution in [3.63, 3.8) is 0 Å². The Morgan fingerprint density at radius 1 is 1.25 bits per heavy atom. The molecule has 0 saturated carbocycles. The number of rotatable bonds is 3. The molecule has 2 fully saturated rings. The van der Waals surface area contributed by atoms with E-state index in [-0.39, 0.29) is 18.4 Å². The van der Waals surface area contributed by atoms with E-state index in [1.54, 1.807) is 0 Å². The molecule has 2 saturated heterocycles. The third kappa shape index (κ3) is 3.85. The number of ether oxygens (including phenoxy) is 1. The molecular formula is C14H24N2O4. The summed E-state index contributed by atoms with van der Waals surface area (Å²) >= 11 is 0. The molecule has 0 radical (unpaired) electrons. The Hall–Kier alpha value is -1.30. The lowest BCUT2D eigenvalue weighted by Crippen LogP contribution is -2.51. The van der Waals surface area contributed by atoms with E-state index in [1.165, 1.54) is 0 Å². The fraction of sp³-hybridized carbons (Fsp3) is 0.857. The lowest BCUT2D eigenvalue weighted by Gasteiger charge is -2.39. The highest BCUT2D eigenvalue weighted by Crippen LogP contribution is 2.26. The van der Waals surface area contributed by atoms with Crippen molar-refractivity contribution in [2.45, 2.75) is 26.2 Å². The van der Waals surface area contributed by atoms with Crippen LogP contribution in [0.5, 0.6) is 0 Å². The number of piperidine rings is 1. The van der Waals surface area contributed by atoms with Crippen LogP contribution in [-0.4, -0.2) is 66.3 Å². The van der Waals surface area contributed by atoms with Crippen molar-refractivity contribution in [3.05, 3.63) is 0 Å². The van der Waals surface area contributed by atoms with Crippen molar-refractivity contribution in [2.75, 3.05) is 39.4 Å². The van der Waals surface area contributed by atoms with Crippen LogP contribution in [0.2, 0.25) is 0 Å². The summed E-state index contributed by atoms with van der Waals surface area (Å²) in [5, 5.41) is 8.89. The first kappa shape index (κ1) is 15.1. The van der Waals surface area contributed by atoms with Crippen molar-refractivity contribution >= 4 is 12.0 Å². The largest absolute Gasteiger partial charge is 0.481 e. The highest BCUT2D eigenvalue weighted by molar-refractivity contribution is 5.74.